The largest absolute Gasteiger partial charge is 0.350 e. The lowest BCUT2D eigenvalue weighted by molar-refractivity contribution is -0.116. The number of amidine groups is 1. The predicted octanol–water partition coefficient (Wildman–Crippen LogP) is 6.17. The minimum absolute atomic E-state index is 0. The highest BCUT2D eigenvalue weighted by Gasteiger charge is 2.29. The van der Waals surface area contributed by atoms with Gasteiger partial charge in [-0.25, -0.2) is 4.99 Å². The molecule has 1 saturated heterocycles. The van der Waals surface area contributed by atoms with Gasteiger partial charge in [0.05, 0.1) is 5.69 Å². The Morgan fingerprint density at radius 3 is 2.55 bits per heavy atom. The molecule has 3 rings (SSSR count). The zero-order valence-electron chi connectivity index (χ0n) is 16.7. The van der Waals surface area contributed by atoms with Crippen molar-refractivity contribution in [2.24, 2.45) is 4.99 Å². The predicted molar refractivity (Wildman–Crippen MR) is 128 cm³/mol. The van der Waals surface area contributed by atoms with Gasteiger partial charge in [0.15, 0.2) is 5.17 Å². The van der Waals surface area contributed by atoms with Crippen LogP contribution in [0.1, 0.15) is 31.7 Å². The number of benzene rings is 2. The van der Waals surface area contributed by atoms with E-state index in [1.54, 1.807) is 23.9 Å². The molecule has 1 N–H and O–H groups in total. The number of thioether (sulfide) groups is 1. The van der Waals surface area contributed by atoms with E-state index in [2.05, 4.69) is 41.4 Å². The molecular formula is C22H27Cl2N3OS. The van der Waals surface area contributed by atoms with Crippen LogP contribution in [0.5, 0.6) is 0 Å². The van der Waals surface area contributed by atoms with Crippen molar-refractivity contribution in [1.29, 1.82) is 0 Å². The summed E-state index contributed by atoms with van der Waals surface area (Å²) in [5.74, 6) is 0.860. The van der Waals surface area contributed by atoms with Crippen LogP contribution in [0, 0.1) is 0 Å². The van der Waals surface area contributed by atoms with E-state index in [1.807, 2.05) is 19.2 Å². The molecule has 1 aliphatic heterocycles. The van der Waals surface area contributed by atoms with Crippen LogP contribution in [-0.4, -0.2) is 34.8 Å². The third-order valence-electron chi connectivity index (χ3n) is 4.78. The van der Waals surface area contributed by atoms with E-state index >= 15 is 0 Å². The average molecular weight is 452 g/mol. The van der Waals surface area contributed by atoms with Crippen LogP contribution in [0.4, 0.5) is 11.4 Å². The number of rotatable bonds is 7. The summed E-state index contributed by atoms with van der Waals surface area (Å²) < 4.78 is 0. The Labute approximate surface area is 188 Å². The molecule has 0 bridgehead atoms. The van der Waals surface area contributed by atoms with Gasteiger partial charge in [-0.2, -0.15) is 0 Å². The zero-order valence-corrected chi connectivity index (χ0v) is 19.1. The van der Waals surface area contributed by atoms with Crippen LogP contribution in [-0.2, 0) is 11.2 Å². The molecule has 1 fully saturated rings. The summed E-state index contributed by atoms with van der Waals surface area (Å²) in [5, 5.41) is 4.55. The Bertz CT molecular complexity index is 825. The summed E-state index contributed by atoms with van der Waals surface area (Å²) in [6.45, 7) is 2.21. The quantitative estimate of drug-likeness (QED) is 0.547. The van der Waals surface area contributed by atoms with E-state index in [9.17, 15) is 4.79 Å². The van der Waals surface area contributed by atoms with E-state index in [-0.39, 0.29) is 24.4 Å². The van der Waals surface area contributed by atoms with E-state index < -0.39 is 0 Å². The number of hydrogen-bond acceptors (Lipinski definition) is 3. The third kappa shape index (κ3) is 6.95. The molecule has 1 amide bonds. The lowest BCUT2D eigenvalue weighted by Gasteiger charge is -2.20. The molecule has 2 aromatic carbocycles. The summed E-state index contributed by atoms with van der Waals surface area (Å²) in [6.07, 6.45) is 3.97. The molecule has 4 nitrogen and oxygen atoms in total. The molecule has 156 valence electrons. The van der Waals surface area contributed by atoms with Gasteiger partial charge in [0.25, 0.3) is 0 Å². The lowest BCUT2D eigenvalue weighted by Crippen LogP contribution is -2.33. The number of amides is 1. The molecule has 2 aromatic rings. The number of anilines is 1. The fraction of sp³-hybridized carbons (Fsp3) is 0.364. The average Bonchev–Trinajstić information content (AvgIpc) is 3.02. The van der Waals surface area contributed by atoms with Crippen molar-refractivity contribution in [2.45, 2.75) is 38.6 Å². The Morgan fingerprint density at radius 2 is 1.90 bits per heavy atom. The van der Waals surface area contributed by atoms with Crippen molar-refractivity contribution in [3.05, 3.63) is 59.1 Å². The second-order valence-electron chi connectivity index (χ2n) is 7.00. The van der Waals surface area contributed by atoms with E-state index in [4.69, 9.17) is 16.6 Å². The monoisotopic (exact) mass is 451 g/mol. The number of unbranched alkanes of at least 4 members (excludes halogenated alkanes) is 1. The van der Waals surface area contributed by atoms with Gasteiger partial charge in [-0.3, -0.25) is 4.79 Å². The van der Waals surface area contributed by atoms with Gasteiger partial charge >= 0.3 is 0 Å². The fourth-order valence-corrected chi connectivity index (χ4v) is 4.37. The summed E-state index contributed by atoms with van der Waals surface area (Å²) in [6, 6.07) is 15.8. The third-order valence-corrected chi connectivity index (χ3v) is 6.22. The molecule has 1 unspecified atom stereocenters. The normalized spacial score (nSPS) is 17.3. The van der Waals surface area contributed by atoms with Crippen molar-refractivity contribution in [2.75, 3.05) is 18.1 Å². The van der Waals surface area contributed by atoms with Crippen LogP contribution in [0.2, 0.25) is 5.02 Å². The molecule has 0 spiro atoms. The van der Waals surface area contributed by atoms with Gasteiger partial charge in [-0.15, -0.1) is 12.4 Å². The van der Waals surface area contributed by atoms with Crippen molar-refractivity contribution < 1.29 is 4.79 Å². The van der Waals surface area contributed by atoms with Gasteiger partial charge in [-0.1, -0.05) is 48.8 Å². The van der Waals surface area contributed by atoms with Gasteiger partial charge in [0.2, 0.25) is 5.91 Å². The number of carbonyl (C=O) groups excluding carboxylic acids is 1. The molecular weight excluding hydrogens is 425 g/mol. The molecule has 0 aromatic heterocycles. The maximum absolute atomic E-state index is 12.4. The van der Waals surface area contributed by atoms with E-state index in [0.717, 1.165) is 28.7 Å². The van der Waals surface area contributed by atoms with Gasteiger partial charge in [-0.05, 0) is 54.8 Å². The first-order valence-electron chi connectivity index (χ1n) is 9.64. The standard InChI is InChI=1S/C22H26ClN3OS.ClH/c1-3-4-5-16-6-10-19(11-7-16)25-22-26(2)20(15-28-22)14-21(27)24-18-12-8-17(23)9-13-18;/h6-13,20H,3-5,14-15H2,1-2H3,(H,24,27);1H/b25-22-;. The van der Waals surface area contributed by atoms with Crippen molar-refractivity contribution in [3.63, 3.8) is 0 Å². The van der Waals surface area contributed by atoms with E-state index in [1.165, 1.54) is 18.4 Å². The first kappa shape index (κ1) is 23.6. The van der Waals surface area contributed by atoms with Gasteiger partial charge in [0.1, 0.15) is 0 Å². The van der Waals surface area contributed by atoms with E-state index in [0.29, 0.717) is 11.4 Å². The first-order valence-corrected chi connectivity index (χ1v) is 11.0. The summed E-state index contributed by atoms with van der Waals surface area (Å²) in [7, 11) is 2.01. The molecule has 0 radical (unpaired) electrons. The zero-order chi connectivity index (χ0) is 19.9. The Morgan fingerprint density at radius 1 is 1.21 bits per heavy atom. The molecule has 0 saturated carbocycles. The molecule has 1 atom stereocenters. The highest BCUT2D eigenvalue weighted by molar-refractivity contribution is 8.14. The van der Waals surface area contributed by atoms with Crippen LogP contribution in [0.3, 0.4) is 0 Å². The highest BCUT2D eigenvalue weighted by atomic mass is 35.5. The maximum Gasteiger partial charge on any atom is 0.226 e. The Balaban J connectivity index is 0.00000300. The highest BCUT2D eigenvalue weighted by Crippen LogP contribution is 2.28. The molecule has 1 heterocycles. The SMILES string of the molecule is CCCCc1ccc(/N=C2\SCC(CC(=O)Nc3ccc(Cl)cc3)N2C)cc1.Cl. The summed E-state index contributed by atoms with van der Waals surface area (Å²) in [5.41, 5.74) is 3.08. The number of aliphatic imine (C=N–C) groups is 1. The second kappa shape index (κ2) is 11.5. The summed E-state index contributed by atoms with van der Waals surface area (Å²) in [4.78, 5) is 19.2. The number of hydrogen-bond donors (Lipinski definition) is 1. The molecule has 1 aliphatic rings. The van der Waals surface area contributed by atoms with Crippen LogP contribution in [0.25, 0.3) is 0 Å². The van der Waals surface area contributed by atoms with Crippen LogP contribution < -0.4 is 5.32 Å². The second-order valence-corrected chi connectivity index (χ2v) is 8.42. The number of halogens is 2. The number of nitrogens with one attached hydrogen (secondary N) is 1. The number of aryl methyl sites for hydroxylation is 1. The smallest absolute Gasteiger partial charge is 0.226 e. The number of nitrogens with zero attached hydrogens (tertiary/aromatic N) is 2. The van der Waals surface area contributed by atoms with Crippen LogP contribution in [0.15, 0.2) is 53.5 Å². The first-order chi connectivity index (χ1) is 13.5. The Kier molecular flexibility index (Phi) is 9.34. The molecule has 7 heteroatoms. The lowest BCUT2D eigenvalue weighted by atomic mass is 10.1. The van der Waals surface area contributed by atoms with Crippen molar-refractivity contribution in [3.8, 4) is 0 Å². The molecule has 29 heavy (non-hydrogen) atoms. The summed E-state index contributed by atoms with van der Waals surface area (Å²) >= 11 is 7.58. The minimum Gasteiger partial charge on any atom is -0.350 e. The minimum atomic E-state index is 0. The van der Waals surface area contributed by atoms with Crippen molar-refractivity contribution in [1.82, 2.24) is 4.90 Å². The van der Waals surface area contributed by atoms with Crippen molar-refractivity contribution >= 4 is 58.2 Å². The van der Waals surface area contributed by atoms with Crippen LogP contribution >= 0.6 is 35.8 Å². The van der Waals surface area contributed by atoms with Gasteiger partial charge < -0.3 is 10.2 Å². The molecule has 0 aliphatic carbocycles. The Hall–Kier alpha value is -1.69. The van der Waals surface area contributed by atoms with Gasteiger partial charge in [0, 0.05) is 36.0 Å². The number of carbonyl (C=O) groups is 1. The fourth-order valence-electron chi connectivity index (χ4n) is 3.04. The topological polar surface area (TPSA) is 44.7 Å². The maximum atomic E-state index is 12.4.